The van der Waals surface area contributed by atoms with Crippen LogP contribution in [0.25, 0.3) is 0 Å². The fourth-order valence-corrected chi connectivity index (χ4v) is 1.72. The number of rotatable bonds is 3. The Balaban J connectivity index is 2.44. The summed E-state index contributed by atoms with van der Waals surface area (Å²) in [5.41, 5.74) is 1.42. The van der Waals surface area contributed by atoms with Crippen LogP contribution in [0.1, 0.15) is 23.7 Å². The monoisotopic (exact) mass is 225 g/mol. The lowest BCUT2D eigenvalue weighted by Gasteiger charge is -2.10. The molecule has 1 aliphatic heterocycles. The van der Waals surface area contributed by atoms with Crippen LogP contribution in [0.15, 0.2) is 18.2 Å². The summed E-state index contributed by atoms with van der Waals surface area (Å²) in [6.45, 7) is 0. The number of nitro benzene ring substituents is 1. The van der Waals surface area contributed by atoms with Gasteiger partial charge in [-0.2, -0.15) is 0 Å². The van der Waals surface area contributed by atoms with Crippen LogP contribution in [0, 0.1) is 10.1 Å². The number of nitrogens with zero attached hydrogens (tertiary/aromatic N) is 1. The Morgan fingerprint density at radius 3 is 2.44 bits per heavy atom. The lowest BCUT2D eigenvalue weighted by Crippen LogP contribution is -2.01. The predicted octanol–water partition coefficient (Wildman–Crippen LogP) is 1.92. The maximum absolute atomic E-state index is 10.6. The summed E-state index contributed by atoms with van der Waals surface area (Å²) in [7, 11) is 2.99. The molecule has 86 valence electrons. The third kappa shape index (κ3) is 1.67. The smallest absolute Gasteiger partial charge is 0.269 e. The van der Waals surface area contributed by atoms with E-state index in [1.807, 2.05) is 0 Å². The van der Waals surface area contributed by atoms with Gasteiger partial charge < -0.3 is 14.2 Å². The number of non-ortho nitro benzene ring substituents is 1. The van der Waals surface area contributed by atoms with Gasteiger partial charge in [-0.3, -0.25) is 10.1 Å². The van der Waals surface area contributed by atoms with Crippen molar-refractivity contribution in [2.75, 3.05) is 14.2 Å². The first-order chi connectivity index (χ1) is 7.67. The molecule has 0 bridgehead atoms. The molecule has 0 unspecified atom stereocenters. The SMILES string of the molecule is CO[C@@H]1O[C@H](OC)c2cc([N+](=O)[O-])ccc21. The Labute approximate surface area is 91.9 Å². The fourth-order valence-electron chi connectivity index (χ4n) is 1.72. The number of hydrogen-bond acceptors (Lipinski definition) is 5. The van der Waals surface area contributed by atoms with E-state index in [0.29, 0.717) is 5.56 Å². The Morgan fingerprint density at radius 1 is 1.25 bits per heavy atom. The highest BCUT2D eigenvalue weighted by Gasteiger charge is 2.33. The van der Waals surface area contributed by atoms with E-state index >= 15 is 0 Å². The second-order valence-electron chi connectivity index (χ2n) is 3.34. The Bertz CT molecular complexity index is 420. The first-order valence-corrected chi connectivity index (χ1v) is 4.66. The van der Waals surface area contributed by atoms with Crippen LogP contribution in [0.3, 0.4) is 0 Å². The highest BCUT2D eigenvalue weighted by atomic mass is 16.8. The first-order valence-electron chi connectivity index (χ1n) is 4.66. The van der Waals surface area contributed by atoms with Crippen molar-refractivity contribution in [3.8, 4) is 0 Å². The second kappa shape index (κ2) is 4.17. The highest BCUT2D eigenvalue weighted by molar-refractivity contribution is 5.42. The van der Waals surface area contributed by atoms with E-state index in [0.717, 1.165) is 5.56 Å². The molecule has 1 aromatic rings. The number of ether oxygens (including phenoxy) is 3. The molecule has 0 spiro atoms. The average molecular weight is 225 g/mol. The summed E-state index contributed by atoms with van der Waals surface area (Å²) in [6, 6.07) is 4.50. The van der Waals surface area contributed by atoms with Crippen LogP contribution in [-0.2, 0) is 14.2 Å². The summed E-state index contributed by atoms with van der Waals surface area (Å²) in [5.74, 6) is 0. The van der Waals surface area contributed by atoms with Crippen molar-refractivity contribution < 1.29 is 19.1 Å². The van der Waals surface area contributed by atoms with Gasteiger partial charge in [-0.25, -0.2) is 0 Å². The number of methoxy groups -OCH3 is 2. The third-order valence-electron chi connectivity index (χ3n) is 2.46. The van der Waals surface area contributed by atoms with E-state index in [4.69, 9.17) is 14.2 Å². The summed E-state index contributed by atoms with van der Waals surface area (Å²) in [4.78, 5) is 10.2. The largest absolute Gasteiger partial charge is 0.352 e. The van der Waals surface area contributed by atoms with Crippen LogP contribution in [0.5, 0.6) is 0 Å². The maximum Gasteiger partial charge on any atom is 0.269 e. The molecule has 1 aromatic carbocycles. The molecule has 0 aromatic heterocycles. The van der Waals surface area contributed by atoms with Crippen molar-refractivity contribution in [1.82, 2.24) is 0 Å². The van der Waals surface area contributed by atoms with Crippen molar-refractivity contribution in [2.24, 2.45) is 0 Å². The van der Waals surface area contributed by atoms with Crippen LogP contribution in [0.4, 0.5) is 5.69 Å². The summed E-state index contributed by atoms with van der Waals surface area (Å²) in [6.07, 6.45) is -1.14. The van der Waals surface area contributed by atoms with Crippen LogP contribution < -0.4 is 0 Å². The van der Waals surface area contributed by atoms with E-state index in [-0.39, 0.29) is 5.69 Å². The average Bonchev–Trinajstić information content (AvgIpc) is 2.65. The van der Waals surface area contributed by atoms with Gasteiger partial charge in [0.2, 0.25) is 0 Å². The van der Waals surface area contributed by atoms with Crippen LogP contribution in [0.2, 0.25) is 0 Å². The molecule has 16 heavy (non-hydrogen) atoms. The highest BCUT2D eigenvalue weighted by Crippen LogP contribution is 2.41. The van der Waals surface area contributed by atoms with Gasteiger partial charge >= 0.3 is 0 Å². The minimum atomic E-state index is -0.611. The molecule has 0 N–H and O–H groups in total. The molecule has 6 heteroatoms. The van der Waals surface area contributed by atoms with Gasteiger partial charge in [0.15, 0.2) is 12.6 Å². The van der Waals surface area contributed by atoms with E-state index in [1.54, 1.807) is 6.07 Å². The van der Waals surface area contributed by atoms with E-state index in [2.05, 4.69) is 0 Å². The van der Waals surface area contributed by atoms with E-state index in [9.17, 15) is 10.1 Å². The molecular formula is C10H11NO5. The van der Waals surface area contributed by atoms with Crippen molar-refractivity contribution in [2.45, 2.75) is 12.6 Å². The normalized spacial score (nSPS) is 23.1. The number of fused-ring (bicyclic) bond motifs is 1. The number of hydrogen-bond donors (Lipinski definition) is 0. The van der Waals surface area contributed by atoms with E-state index in [1.165, 1.54) is 26.4 Å². The zero-order chi connectivity index (χ0) is 11.7. The molecule has 1 heterocycles. The van der Waals surface area contributed by atoms with E-state index < -0.39 is 17.5 Å². The summed E-state index contributed by atoms with van der Waals surface area (Å²) in [5, 5.41) is 10.6. The summed E-state index contributed by atoms with van der Waals surface area (Å²) < 4.78 is 15.6. The number of benzene rings is 1. The topological polar surface area (TPSA) is 70.8 Å². The van der Waals surface area contributed by atoms with Crippen LogP contribution >= 0.6 is 0 Å². The molecule has 0 fully saturated rings. The first kappa shape index (κ1) is 11.0. The Morgan fingerprint density at radius 2 is 1.88 bits per heavy atom. The molecule has 0 radical (unpaired) electrons. The zero-order valence-corrected chi connectivity index (χ0v) is 8.88. The van der Waals surface area contributed by atoms with Gasteiger partial charge in [-0.05, 0) is 6.07 Å². The zero-order valence-electron chi connectivity index (χ0n) is 8.88. The predicted molar refractivity (Wildman–Crippen MR) is 53.7 cm³/mol. The Kier molecular flexibility index (Phi) is 2.86. The molecule has 0 saturated heterocycles. The number of nitro groups is 1. The quantitative estimate of drug-likeness (QED) is 0.580. The molecule has 2 rings (SSSR count). The van der Waals surface area contributed by atoms with Crippen LogP contribution in [-0.4, -0.2) is 19.1 Å². The maximum atomic E-state index is 10.6. The molecule has 2 atom stereocenters. The van der Waals surface area contributed by atoms with Gasteiger partial charge in [-0.1, -0.05) is 0 Å². The standard InChI is InChI=1S/C10H11NO5/c1-14-9-7-4-3-6(11(12)13)5-8(7)10(15-2)16-9/h3-5,9-10H,1-2H3/t9-,10+/m1/s1. The van der Waals surface area contributed by atoms with Crippen molar-refractivity contribution in [3.63, 3.8) is 0 Å². The minimum Gasteiger partial charge on any atom is -0.352 e. The summed E-state index contributed by atoms with van der Waals surface area (Å²) >= 11 is 0. The van der Waals surface area contributed by atoms with Crippen molar-refractivity contribution >= 4 is 5.69 Å². The van der Waals surface area contributed by atoms with Gasteiger partial charge in [-0.15, -0.1) is 0 Å². The van der Waals surface area contributed by atoms with Gasteiger partial charge in [0.1, 0.15) is 0 Å². The molecule has 0 amide bonds. The molecular weight excluding hydrogens is 214 g/mol. The fraction of sp³-hybridized carbons (Fsp3) is 0.400. The second-order valence-corrected chi connectivity index (χ2v) is 3.34. The van der Waals surface area contributed by atoms with Gasteiger partial charge in [0.05, 0.1) is 4.92 Å². The molecule has 1 aliphatic rings. The molecule has 0 saturated carbocycles. The van der Waals surface area contributed by atoms with Crippen molar-refractivity contribution in [1.29, 1.82) is 0 Å². The van der Waals surface area contributed by atoms with Gasteiger partial charge in [0, 0.05) is 37.5 Å². The minimum absolute atomic E-state index is 0.0150. The lowest BCUT2D eigenvalue weighted by atomic mass is 10.1. The van der Waals surface area contributed by atoms with Crippen molar-refractivity contribution in [3.05, 3.63) is 39.4 Å². The molecule has 0 aliphatic carbocycles. The Hall–Kier alpha value is -1.50. The van der Waals surface area contributed by atoms with Gasteiger partial charge in [0.25, 0.3) is 5.69 Å². The lowest BCUT2D eigenvalue weighted by molar-refractivity contribution is -0.385. The molecule has 6 nitrogen and oxygen atoms in total. The third-order valence-corrected chi connectivity index (χ3v) is 2.46.